The Morgan fingerprint density at radius 1 is 1.27 bits per heavy atom. The second-order valence-electron chi connectivity index (χ2n) is 7.14. The Kier molecular flexibility index (Phi) is 9.22. The van der Waals surface area contributed by atoms with E-state index < -0.39 is 9.84 Å². The van der Waals surface area contributed by atoms with Crippen LogP contribution >= 0.6 is 0 Å². The first kappa shape index (κ1) is 23.8. The summed E-state index contributed by atoms with van der Waals surface area (Å²) in [6.45, 7) is 5.36. The molecule has 1 aromatic rings. The highest BCUT2D eigenvalue weighted by molar-refractivity contribution is 7.91. The molecule has 0 radical (unpaired) electrons. The first-order valence-corrected chi connectivity index (χ1v) is 12.0. The molecule has 1 aromatic carbocycles. The van der Waals surface area contributed by atoms with Gasteiger partial charge in [0.05, 0.1) is 25.2 Å². The highest BCUT2D eigenvalue weighted by Crippen LogP contribution is 2.26. The number of nitrogens with zero attached hydrogens (tertiary/aromatic N) is 1. The SMILES string of the molecule is CCNC(=NCC(C)Oc1ccccc1OC)NCCC(=O)NC1CCS(=O)(=O)C1. The van der Waals surface area contributed by atoms with Crippen LogP contribution in [-0.4, -0.2) is 70.7 Å². The predicted octanol–water partition coefficient (Wildman–Crippen LogP) is 0.711. The summed E-state index contributed by atoms with van der Waals surface area (Å²) in [5.74, 6) is 1.91. The summed E-state index contributed by atoms with van der Waals surface area (Å²) in [4.78, 5) is 16.5. The molecule has 3 N–H and O–H groups in total. The van der Waals surface area contributed by atoms with Gasteiger partial charge < -0.3 is 25.4 Å². The van der Waals surface area contributed by atoms with Crippen molar-refractivity contribution in [2.75, 3.05) is 38.2 Å². The number of hydrogen-bond donors (Lipinski definition) is 3. The topological polar surface area (TPSA) is 118 Å². The van der Waals surface area contributed by atoms with Crippen molar-refractivity contribution in [3.8, 4) is 11.5 Å². The highest BCUT2D eigenvalue weighted by Gasteiger charge is 2.28. The van der Waals surface area contributed by atoms with Crippen LogP contribution < -0.4 is 25.4 Å². The fourth-order valence-electron chi connectivity index (χ4n) is 3.03. The molecule has 2 unspecified atom stereocenters. The number of ether oxygens (including phenoxy) is 2. The molecule has 1 saturated heterocycles. The Labute approximate surface area is 178 Å². The summed E-state index contributed by atoms with van der Waals surface area (Å²) in [6, 6.07) is 7.16. The van der Waals surface area contributed by atoms with Gasteiger partial charge in [-0.05, 0) is 32.4 Å². The molecule has 2 atom stereocenters. The summed E-state index contributed by atoms with van der Waals surface area (Å²) < 4.78 is 34.1. The molecule has 2 rings (SSSR count). The smallest absolute Gasteiger partial charge is 0.222 e. The number of hydrogen-bond acceptors (Lipinski definition) is 6. The van der Waals surface area contributed by atoms with Gasteiger partial charge in [-0.3, -0.25) is 4.79 Å². The van der Waals surface area contributed by atoms with E-state index in [-0.39, 0.29) is 36.0 Å². The number of benzene rings is 1. The zero-order chi connectivity index (χ0) is 22.0. The van der Waals surface area contributed by atoms with E-state index in [2.05, 4.69) is 20.9 Å². The second kappa shape index (κ2) is 11.6. The van der Waals surface area contributed by atoms with Crippen LogP contribution in [0.25, 0.3) is 0 Å². The minimum Gasteiger partial charge on any atom is -0.493 e. The van der Waals surface area contributed by atoms with Crippen LogP contribution in [0.1, 0.15) is 26.7 Å². The normalized spacial score (nSPS) is 19.0. The average molecular weight is 441 g/mol. The lowest BCUT2D eigenvalue weighted by Crippen LogP contribution is -2.41. The molecular weight excluding hydrogens is 408 g/mol. The maximum absolute atomic E-state index is 12.0. The van der Waals surface area contributed by atoms with Gasteiger partial charge in [0.25, 0.3) is 0 Å². The molecule has 0 aromatic heterocycles. The number of para-hydroxylation sites is 2. The van der Waals surface area contributed by atoms with Crippen LogP contribution in [0, 0.1) is 0 Å². The van der Waals surface area contributed by atoms with E-state index in [0.29, 0.717) is 43.5 Å². The van der Waals surface area contributed by atoms with E-state index in [4.69, 9.17) is 9.47 Å². The second-order valence-corrected chi connectivity index (χ2v) is 9.37. The van der Waals surface area contributed by atoms with Crippen molar-refractivity contribution in [1.82, 2.24) is 16.0 Å². The fraction of sp³-hybridized carbons (Fsp3) is 0.600. The number of nitrogens with one attached hydrogen (secondary N) is 3. The first-order valence-electron chi connectivity index (χ1n) is 10.1. The molecule has 1 aliphatic rings. The number of sulfone groups is 1. The van der Waals surface area contributed by atoms with E-state index >= 15 is 0 Å². The molecule has 0 aliphatic carbocycles. The van der Waals surface area contributed by atoms with Crippen LogP contribution in [0.3, 0.4) is 0 Å². The van der Waals surface area contributed by atoms with Gasteiger partial charge in [-0.25, -0.2) is 13.4 Å². The third kappa shape index (κ3) is 8.10. The van der Waals surface area contributed by atoms with Crippen LogP contribution in [0.2, 0.25) is 0 Å². The number of aliphatic imine (C=N–C) groups is 1. The van der Waals surface area contributed by atoms with Gasteiger partial charge in [0.1, 0.15) is 6.10 Å². The molecule has 10 heteroatoms. The maximum Gasteiger partial charge on any atom is 0.222 e. The van der Waals surface area contributed by atoms with E-state index in [0.717, 1.165) is 0 Å². The Hall–Kier alpha value is -2.49. The van der Waals surface area contributed by atoms with Gasteiger partial charge in [0.2, 0.25) is 5.91 Å². The Balaban J connectivity index is 1.77. The lowest BCUT2D eigenvalue weighted by atomic mass is 10.2. The van der Waals surface area contributed by atoms with Crippen LogP contribution in [0.15, 0.2) is 29.3 Å². The third-order valence-corrected chi connectivity index (χ3v) is 6.26. The third-order valence-electron chi connectivity index (χ3n) is 4.49. The molecular formula is C20H32N4O5S. The molecule has 30 heavy (non-hydrogen) atoms. The first-order chi connectivity index (χ1) is 14.3. The summed E-state index contributed by atoms with van der Waals surface area (Å²) in [6.07, 6.45) is 0.536. The summed E-state index contributed by atoms with van der Waals surface area (Å²) in [5, 5.41) is 9.02. The number of carbonyl (C=O) groups is 1. The summed E-state index contributed by atoms with van der Waals surface area (Å²) in [7, 11) is -1.41. The van der Waals surface area contributed by atoms with Crippen molar-refractivity contribution in [3.63, 3.8) is 0 Å². The van der Waals surface area contributed by atoms with E-state index in [9.17, 15) is 13.2 Å². The van der Waals surface area contributed by atoms with Crippen molar-refractivity contribution in [1.29, 1.82) is 0 Å². The number of carbonyl (C=O) groups excluding carboxylic acids is 1. The molecule has 0 spiro atoms. The standard InChI is InChI=1S/C20H32N4O5S/c1-4-21-20(22-11-9-19(25)24-16-10-12-30(26,27)14-16)23-13-15(2)29-18-8-6-5-7-17(18)28-3/h5-8,15-16H,4,9-14H2,1-3H3,(H,24,25)(H2,21,22,23). The zero-order valence-corrected chi connectivity index (χ0v) is 18.6. The Bertz CT molecular complexity index is 828. The summed E-state index contributed by atoms with van der Waals surface area (Å²) >= 11 is 0. The predicted molar refractivity (Wildman–Crippen MR) is 117 cm³/mol. The van der Waals surface area contributed by atoms with Gasteiger partial charge in [-0.15, -0.1) is 0 Å². The molecule has 1 fully saturated rings. The van der Waals surface area contributed by atoms with Gasteiger partial charge in [0.15, 0.2) is 27.3 Å². The molecule has 0 bridgehead atoms. The molecule has 1 amide bonds. The van der Waals surface area contributed by atoms with E-state index in [1.807, 2.05) is 38.1 Å². The Morgan fingerprint density at radius 3 is 2.63 bits per heavy atom. The van der Waals surface area contributed by atoms with Gasteiger partial charge >= 0.3 is 0 Å². The van der Waals surface area contributed by atoms with Gasteiger partial charge in [0, 0.05) is 25.6 Å². The number of methoxy groups -OCH3 is 1. The van der Waals surface area contributed by atoms with Crippen molar-refractivity contribution >= 4 is 21.7 Å². The number of amides is 1. The quantitative estimate of drug-likeness (QED) is 0.362. The van der Waals surface area contributed by atoms with Gasteiger partial charge in [-0.1, -0.05) is 12.1 Å². The minimum atomic E-state index is -3.00. The minimum absolute atomic E-state index is 0.0281. The number of rotatable bonds is 10. The monoisotopic (exact) mass is 440 g/mol. The summed E-state index contributed by atoms with van der Waals surface area (Å²) in [5.41, 5.74) is 0. The van der Waals surface area contributed by atoms with Crippen LogP contribution in [0.4, 0.5) is 0 Å². The van der Waals surface area contributed by atoms with Crippen LogP contribution in [-0.2, 0) is 14.6 Å². The Morgan fingerprint density at radius 2 is 2.00 bits per heavy atom. The molecule has 1 heterocycles. The fourth-order valence-corrected chi connectivity index (χ4v) is 4.71. The van der Waals surface area contributed by atoms with Crippen LogP contribution in [0.5, 0.6) is 11.5 Å². The largest absolute Gasteiger partial charge is 0.493 e. The average Bonchev–Trinajstić information content (AvgIpc) is 3.04. The molecule has 0 saturated carbocycles. The van der Waals surface area contributed by atoms with Crippen molar-refractivity contribution < 1.29 is 22.7 Å². The zero-order valence-electron chi connectivity index (χ0n) is 17.8. The van der Waals surface area contributed by atoms with Crippen molar-refractivity contribution in [2.45, 2.75) is 38.8 Å². The lowest BCUT2D eigenvalue weighted by molar-refractivity contribution is -0.121. The van der Waals surface area contributed by atoms with E-state index in [1.54, 1.807) is 7.11 Å². The lowest BCUT2D eigenvalue weighted by Gasteiger charge is -2.17. The van der Waals surface area contributed by atoms with Gasteiger partial charge in [-0.2, -0.15) is 0 Å². The van der Waals surface area contributed by atoms with Crippen molar-refractivity contribution in [2.24, 2.45) is 4.99 Å². The van der Waals surface area contributed by atoms with Crippen molar-refractivity contribution in [3.05, 3.63) is 24.3 Å². The highest BCUT2D eigenvalue weighted by atomic mass is 32.2. The molecule has 1 aliphatic heterocycles. The molecule has 9 nitrogen and oxygen atoms in total. The molecule has 168 valence electrons. The van der Waals surface area contributed by atoms with E-state index in [1.165, 1.54) is 0 Å². The number of guanidine groups is 1. The maximum atomic E-state index is 12.0.